The summed E-state index contributed by atoms with van der Waals surface area (Å²) in [6.45, 7) is 4.87. The van der Waals surface area contributed by atoms with Gasteiger partial charge in [0.25, 0.3) is 5.91 Å². The number of nitrogens with zero attached hydrogens (tertiary/aromatic N) is 2. The quantitative estimate of drug-likeness (QED) is 0.347. The molecule has 4 rings (SSSR count). The van der Waals surface area contributed by atoms with E-state index in [0.717, 1.165) is 65.4 Å². The van der Waals surface area contributed by atoms with Crippen LogP contribution in [0.2, 0.25) is 0 Å². The molecule has 3 heterocycles. The zero-order valence-corrected chi connectivity index (χ0v) is 23.1. The fourth-order valence-corrected chi connectivity index (χ4v) is 5.81. The number of aryl methyl sites for hydroxylation is 1. The molecular weight excluding hydrogens is 549 g/mol. The molecule has 0 bridgehead atoms. The average Bonchev–Trinajstić information content (AvgIpc) is 3.35. The number of hydrogen-bond acceptors (Lipinski definition) is 5. The molecule has 1 fully saturated rings. The number of unbranched alkanes of at least 4 members (excludes halogenated alkanes) is 1. The number of amides is 1. The highest BCUT2D eigenvalue weighted by atomic mass is 32.2. The molecule has 0 aliphatic carbocycles. The van der Waals surface area contributed by atoms with E-state index in [4.69, 9.17) is 15.6 Å². The Kier molecular flexibility index (Phi) is 9.96. The topological polar surface area (TPSA) is 146 Å². The second kappa shape index (κ2) is 12.8. The van der Waals surface area contributed by atoms with Crippen LogP contribution in [0.25, 0.3) is 22.0 Å². The van der Waals surface area contributed by atoms with Gasteiger partial charge >= 0.3 is 12.1 Å². The first kappa shape index (κ1) is 31.1. The van der Waals surface area contributed by atoms with Crippen LogP contribution in [0.5, 0.6) is 0 Å². The third-order valence-electron chi connectivity index (χ3n) is 6.93. The van der Waals surface area contributed by atoms with Gasteiger partial charge in [0.1, 0.15) is 0 Å². The van der Waals surface area contributed by atoms with Gasteiger partial charge in [0, 0.05) is 42.1 Å². The lowest BCUT2D eigenvalue weighted by atomic mass is 9.88. The van der Waals surface area contributed by atoms with Gasteiger partial charge < -0.3 is 15.8 Å². The van der Waals surface area contributed by atoms with E-state index < -0.39 is 28.1 Å². The van der Waals surface area contributed by atoms with Crippen LogP contribution in [0.15, 0.2) is 36.7 Å². The van der Waals surface area contributed by atoms with Crippen LogP contribution in [-0.2, 0) is 21.2 Å². The van der Waals surface area contributed by atoms with Crippen LogP contribution < -0.4 is 5.73 Å². The molecular formula is C27H33F3N4O5S. The molecule has 1 amide bonds. The van der Waals surface area contributed by atoms with Crippen LogP contribution >= 0.6 is 0 Å². The van der Waals surface area contributed by atoms with Gasteiger partial charge in [0.2, 0.25) is 10.0 Å². The smallest absolute Gasteiger partial charge is 0.475 e. The van der Waals surface area contributed by atoms with Crippen molar-refractivity contribution in [2.24, 2.45) is 5.73 Å². The van der Waals surface area contributed by atoms with Crippen LogP contribution in [0.3, 0.4) is 0 Å². The molecule has 4 N–H and O–H groups in total. The summed E-state index contributed by atoms with van der Waals surface area (Å²) in [5.74, 6) is -2.90. The Morgan fingerprint density at radius 2 is 1.80 bits per heavy atom. The SMILES string of the molecule is CCCCc1ccc(-c2cc(C(N)=O)c3[nH]cc(C4CCN(S(=O)(=O)CC)CC4)c3c2)cn1.O=C(O)C(F)(F)F. The highest BCUT2D eigenvalue weighted by molar-refractivity contribution is 7.89. The van der Waals surface area contributed by atoms with Gasteiger partial charge in [-0.15, -0.1) is 0 Å². The predicted octanol–water partition coefficient (Wildman–Crippen LogP) is 4.83. The molecule has 13 heteroatoms. The van der Waals surface area contributed by atoms with E-state index >= 15 is 0 Å². The summed E-state index contributed by atoms with van der Waals surface area (Å²) in [5.41, 5.74) is 10.9. The minimum Gasteiger partial charge on any atom is -0.475 e. The number of aliphatic carboxylic acids is 1. The Morgan fingerprint density at radius 3 is 2.30 bits per heavy atom. The number of halogens is 3. The molecule has 218 valence electrons. The minimum absolute atomic E-state index is 0.126. The summed E-state index contributed by atoms with van der Waals surface area (Å²) < 4.78 is 57.8. The third kappa shape index (κ3) is 7.39. The molecule has 2 aromatic heterocycles. The van der Waals surface area contributed by atoms with Gasteiger partial charge in [0.15, 0.2) is 0 Å². The van der Waals surface area contributed by atoms with E-state index in [1.54, 1.807) is 11.2 Å². The number of fused-ring (bicyclic) bond motifs is 1. The van der Waals surface area contributed by atoms with Gasteiger partial charge in [-0.3, -0.25) is 9.78 Å². The number of aromatic nitrogens is 2. The normalized spacial score (nSPS) is 15.0. The molecule has 0 atom stereocenters. The van der Waals surface area contributed by atoms with Gasteiger partial charge in [-0.25, -0.2) is 17.5 Å². The first-order valence-electron chi connectivity index (χ1n) is 13.0. The lowest BCUT2D eigenvalue weighted by Crippen LogP contribution is -2.38. The summed E-state index contributed by atoms with van der Waals surface area (Å²) >= 11 is 0. The number of pyridine rings is 1. The van der Waals surface area contributed by atoms with Gasteiger partial charge in [-0.1, -0.05) is 19.4 Å². The Labute approximate surface area is 230 Å². The van der Waals surface area contributed by atoms with E-state index in [-0.39, 0.29) is 11.7 Å². The monoisotopic (exact) mass is 582 g/mol. The fraction of sp³-hybridized carbons (Fsp3) is 0.444. The number of carbonyl (C=O) groups excluding carboxylic acids is 1. The minimum atomic E-state index is -5.08. The molecule has 0 saturated carbocycles. The third-order valence-corrected chi connectivity index (χ3v) is 8.81. The van der Waals surface area contributed by atoms with Crippen molar-refractivity contribution in [1.82, 2.24) is 14.3 Å². The maximum absolute atomic E-state index is 12.3. The first-order chi connectivity index (χ1) is 18.8. The lowest BCUT2D eigenvalue weighted by molar-refractivity contribution is -0.192. The zero-order chi connectivity index (χ0) is 29.7. The van der Waals surface area contributed by atoms with Crippen molar-refractivity contribution in [3.8, 4) is 11.1 Å². The number of nitrogens with one attached hydrogen (secondary N) is 1. The number of primary amides is 1. The van der Waals surface area contributed by atoms with Gasteiger partial charge in [0.05, 0.1) is 16.8 Å². The number of carboxylic acid groups (broad SMARTS) is 1. The number of hydrogen-bond donors (Lipinski definition) is 3. The molecule has 0 unspecified atom stereocenters. The predicted molar refractivity (Wildman–Crippen MR) is 145 cm³/mol. The maximum atomic E-state index is 12.3. The molecule has 1 saturated heterocycles. The van der Waals surface area contributed by atoms with E-state index in [9.17, 15) is 26.4 Å². The van der Waals surface area contributed by atoms with Crippen LogP contribution in [0.4, 0.5) is 13.2 Å². The number of nitrogens with two attached hydrogens (primary N) is 1. The second-order valence-corrected chi connectivity index (χ2v) is 11.8. The number of H-pyrrole nitrogens is 1. The molecule has 0 spiro atoms. The highest BCUT2D eigenvalue weighted by Gasteiger charge is 2.38. The molecule has 9 nitrogen and oxygen atoms in total. The second-order valence-electron chi connectivity index (χ2n) is 9.57. The molecule has 0 radical (unpaired) electrons. The number of sulfonamides is 1. The first-order valence-corrected chi connectivity index (χ1v) is 14.6. The average molecular weight is 583 g/mol. The number of rotatable bonds is 8. The van der Waals surface area contributed by atoms with Crippen molar-refractivity contribution in [1.29, 1.82) is 0 Å². The maximum Gasteiger partial charge on any atom is 0.490 e. The summed E-state index contributed by atoms with van der Waals surface area (Å²) in [6.07, 6.45) is 3.40. The summed E-state index contributed by atoms with van der Waals surface area (Å²) in [4.78, 5) is 29.0. The fourth-order valence-electron chi connectivity index (χ4n) is 4.68. The van der Waals surface area contributed by atoms with Crippen LogP contribution in [-0.4, -0.2) is 64.7 Å². The van der Waals surface area contributed by atoms with Gasteiger partial charge in [-0.2, -0.15) is 13.2 Å². The van der Waals surface area contributed by atoms with Crippen LogP contribution in [0, 0.1) is 0 Å². The summed E-state index contributed by atoms with van der Waals surface area (Å²) in [5, 5.41) is 8.09. The largest absolute Gasteiger partial charge is 0.490 e. The van der Waals surface area contributed by atoms with Crippen molar-refractivity contribution in [2.75, 3.05) is 18.8 Å². The van der Waals surface area contributed by atoms with Crippen molar-refractivity contribution in [3.63, 3.8) is 0 Å². The molecule has 3 aromatic rings. The van der Waals surface area contributed by atoms with Gasteiger partial charge in [-0.05, 0) is 67.9 Å². The molecule has 40 heavy (non-hydrogen) atoms. The van der Waals surface area contributed by atoms with E-state index in [1.807, 2.05) is 30.6 Å². The van der Waals surface area contributed by atoms with E-state index in [1.165, 1.54) is 0 Å². The number of alkyl halides is 3. The molecule has 1 aliphatic rings. The van der Waals surface area contributed by atoms with Crippen molar-refractivity contribution in [3.05, 3.63) is 53.5 Å². The Bertz CT molecular complexity index is 1450. The lowest BCUT2D eigenvalue weighted by Gasteiger charge is -2.31. The van der Waals surface area contributed by atoms with Crippen molar-refractivity contribution >= 4 is 32.8 Å². The number of benzene rings is 1. The Morgan fingerprint density at radius 1 is 1.15 bits per heavy atom. The molecule has 1 aromatic carbocycles. The van der Waals surface area contributed by atoms with E-state index in [2.05, 4.69) is 23.0 Å². The highest BCUT2D eigenvalue weighted by Crippen LogP contribution is 2.37. The van der Waals surface area contributed by atoms with Crippen molar-refractivity contribution < 1.29 is 36.3 Å². The standard InChI is InChI=1S/C25H32N4O3S.C2HF3O2/c1-3-5-6-20-8-7-18(15-27-20)19-13-21-23(16-28-24(21)22(14-19)25(26)30)17-9-11-29(12-10-17)33(31,32)4-2;3-2(4,5)1(6)7/h7-8,13-17,28H,3-6,9-12H2,1-2H3,(H2,26,30);(H,6,7). The number of carbonyl (C=O) groups is 2. The van der Waals surface area contributed by atoms with Crippen molar-refractivity contribution in [2.45, 2.75) is 58.0 Å². The van der Waals surface area contributed by atoms with Crippen LogP contribution in [0.1, 0.15) is 67.1 Å². The van der Waals surface area contributed by atoms with E-state index in [0.29, 0.717) is 18.7 Å². The molecule has 1 aliphatic heterocycles. The number of aromatic amines is 1. The Hall–Kier alpha value is -3.45. The summed E-state index contributed by atoms with van der Waals surface area (Å²) in [6, 6.07) is 8.00. The number of carboxylic acids is 1. The Balaban J connectivity index is 0.000000559. The zero-order valence-electron chi connectivity index (χ0n) is 22.3. The number of piperidine rings is 1. The summed E-state index contributed by atoms with van der Waals surface area (Å²) in [7, 11) is -3.17.